The summed E-state index contributed by atoms with van der Waals surface area (Å²) < 4.78 is 173. The highest BCUT2D eigenvalue weighted by Gasteiger charge is 2.45. The summed E-state index contributed by atoms with van der Waals surface area (Å²) in [5, 5.41) is 0. The van der Waals surface area contributed by atoms with Gasteiger partial charge in [0, 0.05) is 0 Å². The van der Waals surface area contributed by atoms with Crippen molar-refractivity contribution < 1.29 is 78.4 Å². The van der Waals surface area contributed by atoms with Crippen molar-refractivity contribution in [3.8, 4) is 0 Å². The van der Waals surface area contributed by atoms with E-state index in [0.29, 0.717) is 0 Å². The van der Waals surface area contributed by atoms with Gasteiger partial charge in [-0.05, 0) is 0 Å². The minimum atomic E-state index is -5.84. The molecule has 0 aromatic carbocycles. The van der Waals surface area contributed by atoms with Gasteiger partial charge in [-0.3, -0.25) is 13.7 Å². The third-order valence-electron chi connectivity index (χ3n) is 0.877. The van der Waals surface area contributed by atoms with E-state index in [2.05, 4.69) is 13.8 Å². The van der Waals surface area contributed by atoms with E-state index in [4.69, 9.17) is 38.9 Å². The van der Waals surface area contributed by atoms with Crippen molar-refractivity contribution in [2.45, 2.75) is 36.8 Å². The van der Waals surface area contributed by atoms with Gasteiger partial charge in [-0.15, -0.1) is 0 Å². The SMILES string of the molecule is CCC.O=S(=O)(O)C(F)(F)F.O=S(=O)(O)C(F)(F)F.O=S(=O)(O)C(F)(F)F. The number of hydrogen-bond acceptors (Lipinski definition) is 6. The molecule has 0 radical (unpaired) electrons. The minimum absolute atomic E-state index is 1.25. The first kappa shape index (κ1) is 33.7. The van der Waals surface area contributed by atoms with Gasteiger partial charge in [0.2, 0.25) is 0 Å². The molecule has 0 atom stereocenters. The van der Waals surface area contributed by atoms with E-state index in [-0.39, 0.29) is 0 Å². The van der Waals surface area contributed by atoms with Crippen LogP contribution in [-0.2, 0) is 30.4 Å². The standard InChI is InChI=1S/C3H8.3CHF3O3S/c1-3-2;3*2-1(3,4)8(5,6)7/h3H2,1-2H3;3*(H,5,6,7). The quantitative estimate of drug-likeness (QED) is 0.261. The molecule has 0 aromatic heterocycles. The van der Waals surface area contributed by atoms with Gasteiger partial charge in [0.1, 0.15) is 0 Å². The average molecular weight is 494 g/mol. The lowest BCUT2D eigenvalue weighted by atomic mass is 10.6. The molecule has 27 heavy (non-hydrogen) atoms. The Morgan fingerprint density at radius 2 is 0.556 bits per heavy atom. The van der Waals surface area contributed by atoms with Gasteiger partial charge in [0.25, 0.3) is 0 Å². The van der Waals surface area contributed by atoms with Crippen LogP contribution in [0.1, 0.15) is 20.3 Å². The molecule has 0 fully saturated rings. The molecule has 170 valence electrons. The van der Waals surface area contributed by atoms with Gasteiger partial charge < -0.3 is 0 Å². The summed E-state index contributed by atoms with van der Waals surface area (Å²) in [6.45, 7) is 4.25. The van der Waals surface area contributed by atoms with Crippen LogP contribution in [-0.4, -0.2) is 55.4 Å². The molecule has 0 bridgehead atoms. The molecule has 3 N–H and O–H groups in total. The van der Waals surface area contributed by atoms with E-state index in [1.807, 2.05) is 0 Å². The van der Waals surface area contributed by atoms with E-state index >= 15 is 0 Å². The maximum atomic E-state index is 10.7. The van der Waals surface area contributed by atoms with Crippen molar-refractivity contribution in [3.05, 3.63) is 0 Å². The Labute approximate surface area is 146 Å². The van der Waals surface area contributed by atoms with Gasteiger partial charge in [-0.2, -0.15) is 64.8 Å². The summed E-state index contributed by atoms with van der Waals surface area (Å²) in [4.78, 5) is 0. The van der Waals surface area contributed by atoms with Crippen molar-refractivity contribution in [2.75, 3.05) is 0 Å². The van der Waals surface area contributed by atoms with E-state index in [0.717, 1.165) is 0 Å². The van der Waals surface area contributed by atoms with E-state index < -0.39 is 46.9 Å². The number of alkyl halides is 9. The van der Waals surface area contributed by atoms with E-state index in [9.17, 15) is 39.5 Å². The highest BCUT2D eigenvalue weighted by atomic mass is 32.2. The van der Waals surface area contributed by atoms with Crippen LogP contribution in [0, 0.1) is 0 Å². The molecule has 0 aliphatic heterocycles. The maximum Gasteiger partial charge on any atom is 0.522 e. The average Bonchev–Trinajstić information content (AvgIpc) is 2.22. The van der Waals surface area contributed by atoms with Crippen molar-refractivity contribution in [2.24, 2.45) is 0 Å². The Morgan fingerprint density at radius 3 is 0.556 bits per heavy atom. The van der Waals surface area contributed by atoms with Gasteiger partial charge in [0.15, 0.2) is 0 Å². The summed E-state index contributed by atoms with van der Waals surface area (Å²) in [6, 6.07) is 0. The lowest BCUT2D eigenvalue weighted by Crippen LogP contribution is -2.21. The highest BCUT2D eigenvalue weighted by Crippen LogP contribution is 2.21. The molecular weight excluding hydrogens is 483 g/mol. The summed E-state index contributed by atoms with van der Waals surface area (Å²) >= 11 is 0. The Balaban J connectivity index is -0.000000137. The van der Waals surface area contributed by atoms with Crippen molar-refractivity contribution in [1.29, 1.82) is 0 Å². The predicted molar refractivity (Wildman–Crippen MR) is 68.8 cm³/mol. The summed E-state index contributed by atoms with van der Waals surface area (Å²) in [6.07, 6.45) is 1.25. The molecule has 0 saturated carbocycles. The summed E-state index contributed by atoms with van der Waals surface area (Å²) in [5.74, 6) is 0. The summed E-state index contributed by atoms with van der Waals surface area (Å²) in [7, 11) is -17.5. The monoisotopic (exact) mass is 494 g/mol. The fourth-order valence-corrected chi connectivity index (χ4v) is 0. The summed E-state index contributed by atoms with van der Waals surface area (Å²) in [5.41, 5.74) is -16.6. The predicted octanol–water partition coefficient (Wildman–Crippen LogP) is 2.60. The largest absolute Gasteiger partial charge is 0.522 e. The molecule has 0 amide bonds. The molecule has 0 rings (SSSR count). The third kappa shape index (κ3) is 19.7. The fraction of sp³-hybridized carbons (Fsp3) is 1.00. The molecule has 0 saturated heterocycles. The first-order valence-electron chi connectivity index (χ1n) is 5.28. The van der Waals surface area contributed by atoms with Gasteiger partial charge in [0.05, 0.1) is 0 Å². The Morgan fingerprint density at radius 1 is 0.519 bits per heavy atom. The Hall–Kier alpha value is -0.900. The second kappa shape index (κ2) is 11.2. The Kier molecular flexibility index (Phi) is 13.9. The van der Waals surface area contributed by atoms with Crippen LogP contribution in [0.25, 0.3) is 0 Å². The van der Waals surface area contributed by atoms with Crippen LogP contribution < -0.4 is 0 Å². The van der Waals surface area contributed by atoms with Crippen molar-refractivity contribution >= 4 is 30.4 Å². The fourth-order valence-electron chi connectivity index (χ4n) is 0. The van der Waals surface area contributed by atoms with E-state index in [1.54, 1.807) is 0 Å². The number of hydrogen-bond donors (Lipinski definition) is 3. The van der Waals surface area contributed by atoms with Gasteiger partial charge in [-0.1, -0.05) is 20.3 Å². The second-order valence-corrected chi connectivity index (χ2v) is 7.71. The molecule has 9 nitrogen and oxygen atoms in total. The lowest BCUT2D eigenvalue weighted by molar-refractivity contribution is -0.0514. The topological polar surface area (TPSA) is 163 Å². The van der Waals surface area contributed by atoms with Crippen LogP contribution in [0.3, 0.4) is 0 Å². The normalized spacial score (nSPS) is 13.1. The molecule has 0 heterocycles. The molecular formula is C6H11F9O9S3. The maximum absolute atomic E-state index is 10.7. The third-order valence-corrected chi connectivity index (χ3v) is 2.63. The molecule has 0 unspecified atom stereocenters. The minimum Gasteiger partial charge on any atom is -0.279 e. The molecule has 0 aliphatic rings. The van der Waals surface area contributed by atoms with Gasteiger partial charge >= 0.3 is 46.9 Å². The molecule has 0 spiro atoms. The van der Waals surface area contributed by atoms with Crippen LogP contribution in [0.4, 0.5) is 39.5 Å². The Bertz CT molecular complexity index is 613. The van der Waals surface area contributed by atoms with Crippen molar-refractivity contribution in [1.82, 2.24) is 0 Å². The smallest absolute Gasteiger partial charge is 0.279 e. The number of rotatable bonds is 0. The van der Waals surface area contributed by atoms with Crippen LogP contribution >= 0.6 is 0 Å². The number of halogens is 9. The zero-order valence-corrected chi connectivity index (χ0v) is 15.1. The van der Waals surface area contributed by atoms with Crippen molar-refractivity contribution in [3.63, 3.8) is 0 Å². The van der Waals surface area contributed by atoms with Crippen LogP contribution in [0.2, 0.25) is 0 Å². The molecule has 0 aliphatic carbocycles. The molecule has 0 aromatic rings. The molecule has 21 heteroatoms. The first-order valence-corrected chi connectivity index (χ1v) is 9.60. The zero-order chi connectivity index (χ0) is 23.7. The first-order chi connectivity index (χ1) is 11.2. The van der Waals surface area contributed by atoms with Crippen LogP contribution in [0.15, 0.2) is 0 Å². The second-order valence-electron chi connectivity index (χ2n) is 3.47. The highest BCUT2D eigenvalue weighted by molar-refractivity contribution is 7.87. The lowest BCUT2D eigenvalue weighted by Gasteiger charge is -1.97. The van der Waals surface area contributed by atoms with Crippen LogP contribution in [0.5, 0.6) is 0 Å². The zero-order valence-electron chi connectivity index (χ0n) is 12.6. The van der Waals surface area contributed by atoms with Gasteiger partial charge in [-0.25, -0.2) is 0 Å². The van der Waals surface area contributed by atoms with E-state index in [1.165, 1.54) is 6.42 Å².